The molecule has 0 unspecified atom stereocenters. The van der Waals surface area contributed by atoms with Crippen LogP contribution in [-0.4, -0.2) is 43.8 Å². The molecule has 4 rings (SSSR count). The first kappa shape index (κ1) is 21.1. The van der Waals surface area contributed by atoms with Crippen LogP contribution in [0.5, 0.6) is 5.75 Å². The van der Waals surface area contributed by atoms with Crippen LogP contribution in [-0.2, 0) is 19.9 Å². The summed E-state index contributed by atoms with van der Waals surface area (Å²) >= 11 is 1.06. The van der Waals surface area contributed by atoms with Gasteiger partial charge < -0.3 is 5.11 Å². The Bertz CT molecular complexity index is 1580. The third-order valence-electron chi connectivity index (χ3n) is 4.26. The fourth-order valence-corrected chi connectivity index (χ4v) is 5.02. The van der Waals surface area contributed by atoms with Gasteiger partial charge in [0.25, 0.3) is 0 Å². The van der Waals surface area contributed by atoms with Crippen LogP contribution >= 0.6 is 11.5 Å². The number of benzene rings is 2. The summed E-state index contributed by atoms with van der Waals surface area (Å²) in [6.45, 7) is 0. The molecule has 0 saturated carbocycles. The number of hydrogen-bond acceptors (Lipinski definition) is 10. The Morgan fingerprint density at radius 3 is 2.48 bits per heavy atom. The van der Waals surface area contributed by atoms with Gasteiger partial charge >= 0.3 is 0 Å². The Hall–Kier alpha value is -3.16. The molecule has 13 heteroatoms. The van der Waals surface area contributed by atoms with E-state index >= 15 is 0 Å². The van der Waals surface area contributed by atoms with E-state index in [9.17, 15) is 21.9 Å². The second-order valence-corrected chi connectivity index (χ2v) is 11.2. The fourth-order valence-electron chi connectivity index (χ4n) is 3.01. The van der Waals surface area contributed by atoms with Gasteiger partial charge in [0.1, 0.15) is 10.6 Å². The third kappa shape index (κ3) is 4.19. The molecule has 0 radical (unpaired) electrons. The smallest absolute Gasteiger partial charge is 0.229 e. The zero-order valence-electron chi connectivity index (χ0n) is 16.1. The van der Waals surface area contributed by atoms with Crippen LogP contribution in [0.15, 0.2) is 57.7 Å². The molecule has 0 fully saturated rings. The number of phenolic OH excluding ortho intramolecular Hbond substituents is 1. The first-order chi connectivity index (χ1) is 14.5. The fraction of sp³-hybridized carbons (Fsp3) is 0.111. The summed E-state index contributed by atoms with van der Waals surface area (Å²) in [6.07, 6.45) is 3.53. The van der Waals surface area contributed by atoms with Gasteiger partial charge in [-0.2, -0.15) is 4.37 Å². The molecule has 0 aliphatic carbocycles. The van der Waals surface area contributed by atoms with E-state index in [0.29, 0.717) is 16.0 Å². The topological polar surface area (TPSA) is 151 Å². The molecule has 0 saturated heterocycles. The Labute approximate surface area is 181 Å². The quantitative estimate of drug-likeness (QED) is 0.415. The molecule has 0 atom stereocenters. The minimum Gasteiger partial charge on any atom is -0.506 e. The van der Waals surface area contributed by atoms with Crippen molar-refractivity contribution in [2.45, 2.75) is 4.90 Å². The molecule has 2 N–H and O–H groups in total. The normalized spacial score (nSPS) is 12.7. The number of azo groups is 1. The molecule has 0 aliphatic heterocycles. The zero-order valence-corrected chi connectivity index (χ0v) is 18.6. The van der Waals surface area contributed by atoms with Crippen molar-refractivity contribution in [3.63, 3.8) is 0 Å². The van der Waals surface area contributed by atoms with E-state index < -0.39 is 25.6 Å². The number of aromatic nitrogens is 2. The van der Waals surface area contributed by atoms with Crippen LogP contribution < -0.4 is 4.72 Å². The number of nitrogens with one attached hydrogen (secondary N) is 1. The molecule has 10 nitrogen and oxygen atoms in total. The van der Waals surface area contributed by atoms with Gasteiger partial charge in [0.2, 0.25) is 10.0 Å². The van der Waals surface area contributed by atoms with Gasteiger partial charge in [0.05, 0.1) is 23.0 Å². The summed E-state index contributed by atoms with van der Waals surface area (Å²) < 4.78 is 54.6. The van der Waals surface area contributed by atoms with Crippen molar-refractivity contribution in [1.29, 1.82) is 0 Å². The molecule has 0 aliphatic rings. The molecule has 0 amide bonds. The number of sulfone groups is 1. The number of hydrogen-bond donors (Lipinski definition) is 2. The van der Waals surface area contributed by atoms with Crippen LogP contribution in [0.25, 0.3) is 21.8 Å². The number of fused-ring (bicyclic) bond motifs is 2. The maximum Gasteiger partial charge on any atom is 0.229 e. The van der Waals surface area contributed by atoms with E-state index in [0.717, 1.165) is 30.1 Å². The first-order valence-electron chi connectivity index (χ1n) is 8.63. The summed E-state index contributed by atoms with van der Waals surface area (Å²) in [7, 11) is -7.47. The lowest BCUT2D eigenvalue weighted by Crippen LogP contribution is -2.10. The summed E-state index contributed by atoms with van der Waals surface area (Å²) in [5.74, 6) is -0.499. The SMILES string of the molecule is CS(=O)(=O)Nc1cccc2c(O)c(S(C)(=O)=O)cc(/N=N/c3snc4ncccc34)c12. The lowest BCUT2D eigenvalue weighted by molar-refractivity contribution is 0.466. The molecule has 0 bridgehead atoms. The summed E-state index contributed by atoms with van der Waals surface area (Å²) in [6, 6.07) is 9.09. The second-order valence-electron chi connectivity index (χ2n) is 6.68. The third-order valence-corrected chi connectivity index (χ3v) is 6.70. The molecular weight excluding hydrogens is 462 g/mol. The molecule has 4 aromatic rings. The van der Waals surface area contributed by atoms with E-state index in [4.69, 9.17) is 0 Å². The predicted molar refractivity (Wildman–Crippen MR) is 119 cm³/mol. The van der Waals surface area contributed by atoms with Gasteiger partial charge in [0, 0.05) is 23.2 Å². The van der Waals surface area contributed by atoms with Crippen molar-refractivity contribution in [3.8, 4) is 5.75 Å². The Balaban J connectivity index is 2.00. The molecule has 2 aromatic heterocycles. The second kappa shape index (κ2) is 7.51. The number of anilines is 1. The van der Waals surface area contributed by atoms with Crippen LogP contribution in [0.3, 0.4) is 0 Å². The van der Waals surface area contributed by atoms with Gasteiger partial charge in [0.15, 0.2) is 20.5 Å². The highest BCUT2D eigenvalue weighted by Gasteiger charge is 2.21. The molecule has 0 spiro atoms. The van der Waals surface area contributed by atoms with E-state index in [2.05, 4.69) is 24.3 Å². The molecule has 31 heavy (non-hydrogen) atoms. The minimum absolute atomic E-state index is 0.0606. The highest BCUT2D eigenvalue weighted by molar-refractivity contribution is 7.92. The molecular formula is C18H15N5O5S3. The number of aromatic hydroxyl groups is 1. The van der Waals surface area contributed by atoms with E-state index in [1.165, 1.54) is 18.2 Å². The Kier molecular flexibility index (Phi) is 5.11. The molecule has 2 heterocycles. The van der Waals surface area contributed by atoms with Gasteiger partial charge in [-0.15, -0.1) is 10.2 Å². The van der Waals surface area contributed by atoms with Crippen molar-refractivity contribution in [2.24, 2.45) is 10.2 Å². The maximum atomic E-state index is 12.2. The maximum absolute atomic E-state index is 12.2. The lowest BCUT2D eigenvalue weighted by Gasteiger charge is -2.13. The van der Waals surface area contributed by atoms with Gasteiger partial charge in [-0.05, 0) is 35.8 Å². The number of rotatable bonds is 5. The molecule has 160 valence electrons. The summed E-state index contributed by atoms with van der Waals surface area (Å²) in [4.78, 5) is 3.78. The molecule has 2 aromatic carbocycles. The average Bonchev–Trinajstić information content (AvgIpc) is 3.09. The van der Waals surface area contributed by atoms with Crippen molar-refractivity contribution >= 4 is 69.6 Å². The van der Waals surface area contributed by atoms with Crippen molar-refractivity contribution < 1.29 is 21.9 Å². The minimum atomic E-state index is -3.81. The monoisotopic (exact) mass is 477 g/mol. The van der Waals surface area contributed by atoms with Crippen LogP contribution in [0, 0.1) is 0 Å². The van der Waals surface area contributed by atoms with Crippen LogP contribution in [0.1, 0.15) is 0 Å². The largest absolute Gasteiger partial charge is 0.506 e. The van der Waals surface area contributed by atoms with E-state index in [1.54, 1.807) is 18.3 Å². The van der Waals surface area contributed by atoms with Gasteiger partial charge in [-0.25, -0.2) is 21.8 Å². The Morgan fingerprint density at radius 2 is 1.77 bits per heavy atom. The van der Waals surface area contributed by atoms with E-state index in [1.807, 2.05) is 0 Å². The first-order valence-corrected chi connectivity index (χ1v) is 13.2. The highest BCUT2D eigenvalue weighted by atomic mass is 32.2. The summed E-state index contributed by atoms with van der Waals surface area (Å²) in [5, 5.41) is 20.4. The predicted octanol–water partition coefficient (Wildman–Crippen LogP) is 3.74. The highest BCUT2D eigenvalue weighted by Crippen LogP contribution is 2.43. The van der Waals surface area contributed by atoms with Crippen molar-refractivity contribution in [3.05, 3.63) is 42.6 Å². The standard InChI is InChI=1S/C18H15N5O5S3/c1-30(25,26)14-9-13(20-21-18-11-6-4-8-19-17(11)22-29-18)15-10(16(14)24)5-3-7-12(15)23-31(2,27)28/h3-9,23-24H,1-2H3/b21-20+. The van der Waals surface area contributed by atoms with Crippen LogP contribution in [0.2, 0.25) is 0 Å². The van der Waals surface area contributed by atoms with Crippen LogP contribution in [0.4, 0.5) is 16.4 Å². The van der Waals surface area contributed by atoms with Crippen molar-refractivity contribution in [2.75, 3.05) is 17.2 Å². The van der Waals surface area contributed by atoms with Crippen molar-refractivity contribution in [1.82, 2.24) is 9.36 Å². The Morgan fingerprint density at radius 1 is 1.03 bits per heavy atom. The average molecular weight is 478 g/mol. The number of pyridine rings is 1. The number of sulfonamides is 1. The lowest BCUT2D eigenvalue weighted by atomic mass is 10.1. The summed E-state index contributed by atoms with van der Waals surface area (Å²) in [5.41, 5.74) is 0.679. The zero-order chi connectivity index (χ0) is 22.4. The van der Waals surface area contributed by atoms with Gasteiger partial charge in [-0.1, -0.05) is 12.1 Å². The van der Waals surface area contributed by atoms with Gasteiger partial charge in [-0.3, -0.25) is 4.72 Å². The number of nitrogens with zero attached hydrogens (tertiary/aromatic N) is 4. The van der Waals surface area contributed by atoms with E-state index in [-0.39, 0.29) is 27.0 Å². The number of phenols is 1.